The van der Waals surface area contributed by atoms with Gasteiger partial charge in [0.2, 0.25) is 5.88 Å². The Kier molecular flexibility index (Phi) is 5.83. The Balaban J connectivity index is 0.00000117. The van der Waals surface area contributed by atoms with E-state index >= 15 is 0 Å². The lowest BCUT2D eigenvalue weighted by atomic mass is 10.0. The van der Waals surface area contributed by atoms with Gasteiger partial charge in [0.15, 0.2) is 0 Å². The van der Waals surface area contributed by atoms with E-state index in [2.05, 4.69) is 61.6 Å². The Hall–Kier alpha value is -3.65. The summed E-state index contributed by atoms with van der Waals surface area (Å²) in [7, 11) is 0. The quantitative estimate of drug-likeness (QED) is 0.438. The first-order chi connectivity index (χ1) is 16.6. The van der Waals surface area contributed by atoms with Crippen molar-refractivity contribution in [1.29, 1.82) is 0 Å². The monoisotopic (exact) mass is 476 g/mol. The van der Waals surface area contributed by atoms with Gasteiger partial charge in [-0.3, -0.25) is 9.78 Å². The maximum atomic E-state index is 13.4. The van der Waals surface area contributed by atoms with Crippen molar-refractivity contribution >= 4 is 39.9 Å². The summed E-state index contributed by atoms with van der Waals surface area (Å²) in [6, 6.07) is 10.4. The number of anilines is 2. The van der Waals surface area contributed by atoms with Crippen molar-refractivity contribution in [3.8, 4) is 11.6 Å². The molecule has 174 valence electrons. The number of hydrogen-bond acceptors (Lipinski definition) is 6. The second-order valence-electron chi connectivity index (χ2n) is 8.33. The van der Waals surface area contributed by atoms with Crippen LogP contribution in [0.4, 0.5) is 11.5 Å². The first-order valence-corrected chi connectivity index (χ1v) is 11.9. The Morgan fingerprint density at radius 3 is 2.65 bits per heavy atom. The van der Waals surface area contributed by atoms with Crippen molar-refractivity contribution in [2.75, 3.05) is 30.2 Å². The number of pyridine rings is 1. The highest BCUT2D eigenvalue weighted by atomic mass is 35.5. The Labute approximate surface area is 202 Å². The molecular formula is C25H25ClN6O2. The van der Waals surface area contributed by atoms with Crippen LogP contribution in [0.5, 0.6) is 5.88 Å². The zero-order valence-corrected chi connectivity index (χ0v) is 19.8. The molecule has 0 atom stereocenters. The number of rotatable bonds is 3. The summed E-state index contributed by atoms with van der Waals surface area (Å²) in [6.45, 7) is 2.73. The number of nitrogens with two attached hydrogens (primary N) is 1. The van der Waals surface area contributed by atoms with Gasteiger partial charge in [-0.25, -0.2) is 9.97 Å². The summed E-state index contributed by atoms with van der Waals surface area (Å²) in [5, 5.41) is 1.08. The number of carbonyl (C=O) groups is 1. The van der Waals surface area contributed by atoms with Crippen molar-refractivity contribution in [2.45, 2.75) is 25.7 Å². The molecule has 34 heavy (non-hydrogen) atoms. The maximum absolute atomic E-state index is 13.4. The SMILES string of the molecule is CCl.Cc1ccc(-n2ccc3cc(N4CCOc5ncnc(N)c5C4=O)cc(C4CC4)c32)cn1. The molecule has 9 heteroatoms. The number of alkyl halides is 1. The molecule has 0 unspecified atom stereocenters. The smallest absolute Gasteiger partial charge is 0.267 e. The lowest BCUT2D eigenvalue weighted by molar-refractivity contribution is 0.0990. The van der Waals surface area contributed by atoms with E-state index in [0.717, 1.165) is 35.3 Å². The van der Waals surface area contributed by atoms with E-state index in [-0.39, 0.29) is 23.2 Å². The van der Waals surface area contributed by atoms with E-state index in [9.17, 15) is 4.79 Å². The predicted molar refractivity (Wildman–Crippen MR) is 133 cm³/mol. The summed E-state index contributed by atoms with van der Waals surface area (Å²) < 4.78 is 7.88. The van der Waals surface area contributed by atoms with Gasteiger partial charge in [-0.2, -0.15) is 0 Å². The van der Waals surface area contributed by atoms with Crippen LogP contribution >= 0.6 is 11.6 Å². The predicted octanol–water partition coefficient (Wildman–Crippen LogP) is 4.48. The number of hydrogen-bond donors (Lipinski definition) is 1. The van der Waals surface area contributed by atoms with Crippen LogP contribution in [-0.4, -0.2) is 45.0 Å². The number of fused-ring (bicyclic) bond motifs is 2. The van der Waals surface area contributed by atoms with Gasteiger partial charge in [-0.05, 0) is 61.6 Å². The first-order valence-electron chi connectivity index (χ1n) is 11.1. The molecule has 4 heterocycles. The van der Waals surface area contributed by atoms with Gasteiger partial charge >= 0.3 is 0 Å². The fraction of sp³-hybridized carbons (Fsp3) is 0.280. The second kappa shape index (κ2) is 8.95. The minimum absolute atomic E-state index is 0.133. The zero-order valence-electron chi connectivity index (χ0n) is 19.0. The first kappa shape index (κ1) is 22.2. The molecule has 1 aliphatic heterocycles. The van der Waals surface area contributed by atoms with Gasteiger partial charge in [0.1, 0.15) is 24.3 Å². The molecule has 2 N–H and O–H groups in total. The highest BCUT2D eigenvalue weighted by molar-refractivity contribution is 6.15. The normalized spacial score (nSPS) is 15.3. The highest BCUT2D eigenvalue weighted by Crippen LogP contribution is 2.45. The van der Waals surface area contributed by atoms with Crippen LogP contribution in [-0.2, 0) is 0 Å². The lowest BCUT2D eigenvalue weighted by Crippen LogP contribution is -2.32. The lowest BCUT2D eigenvalue weighted by Gasteiger charge is -2.22. The van der Waals surface area contributed by atoms with E-state index < -0.39 is 0 Å². The third-order valence-electron chi connectivity index (χ3n) is 6.15. The molecule has 1 amide bonds. The molecule has 0 spiro atoms. The number of aromatic nitrogens is 4. The molecule has 0 bridgehead atoms. The molecular weight excluding hydrogens is 452 g/mol. The topological polar surface area (TPSA) is 99.2 Å². The van der Waals surface area contributed by atoms with Crippen molar-refractivity contribution in [3.63, 3.8) is 0 Å². The van der Waals surface area contributed by atoms with E-state index in [1.165, 1.54) is 23.8 Å². The summed E-state index contributed by atoms with van der Waals surface area (Å²) in [6.07, 6.45) is 9.06. The van der Waals surface area contributed by atoms with Crippen LogP contribution in [0.3, 0.4) is 0 Å². The van der Waals surface area contributed by atoms with Gasteiger partial charge < -0.3 is 19.9 Å². The van der Waals surface area contributed by atoms with Gasteiger partial charge in [0.05, 0.1) is 23.9 Å². The van der Waals surface area contributed by atoms with Crippen molar-refractivity contribution in [2.24, 2.45) is 0 Å². The van der Waals surface area contributed by atoms with E-state index in [0.29, 0.717) is 19.1 Å². The fourth-order valence-electron chi connectivity index (χ4n) is 4.39. The van der Waals surface area contributed by atoms with Crippen molar-refractivity contribution in [1.82, 2.24) is 19.5 Å². The highest BCUT2D eigenvalue weighted by Gasteiger charge is 2.32. The number of nitrogens with zero attached hydrogens (tertiary/aromatic N) is 5. The van der Waals surface area contributed by atoms with Gasteiger partial charge in [-0.1, -0.05) is 0 Å². The zero-order chi connectivity index (χ0) is 23.8. The van der Waals surface area contributed by atoms with Crippen LogP contribution in [0.1, 0.15) is 40.4 Å². The van der Waals surface area contributed by atoms with E-state index in [1.54, 1.807) is 4.90 Å². The third kappa shape index (κ3) is 3.84. The number of benzene rings is 1. The molecule has 2 aliphatic rings. The molecule has 6 rings (SSSR count). The van der Waals surface area contributed by atoms with Gasteiger partial charge in [0.25, 0.3) is 5.91 Å². The summed E-state index contributed by atoms with van der Waals surface area (Å²) in [4.78, 5) is 27.7. The largest absolute Gasteiger partial charge is 0.475 e. The average Bonchev–Trinajstić information content (AvgIpc) is 3.64. The van der Waals surface area contributed by atoms with E-state index in [1.807, 2.05) is 19.2 Å². The molecule has 1 fully saturated rings. The van der Waals surface area contributed by atoms with Crippen molar-refractivity contribution < 1.29 is 9.53 Å². The number of ether oxygens (including phenoxy) is 1. The minimum Gasteiger partial charge on any atom is -0.475 e. The van der Waals surface area contributed by atoms with Gasteiger partial charge in [0, 0.05) is 29.3 Å². The minimum atomic E-state index is -0.237. The summed E-state index contributed by atoms with van der Waals surface area (Å²) >= 11 is 4.64. The fourth-order valence-corrected chi connectivity index (χ4v) is 4.39. The van der Waals surface area contributed by atoms with Gasteiger partial charge in [-0.15, -0.1) is 11.6 Å². The van der Waals surface area contributed by atoms with Crippen LogP contribution in [0.15, 0.2) is 49.1 Å². The number of aryl methyl sites for hydroxylation is 1. The molecule has 1 saturated carbocycles. The third-order valence-corrected chi connectivity index (χ3v) is 6.15. The standard InChI is InChI=1S/C24H22N6O2.CH3Cl/c1-14-2-5-17(12-26-14)29-7-6-16-10-18(11-19(21(16)29)15-3-4-15)30-8-9-32-23-20(24(30)31)22(25)27-13-28-23;1-2/h2,5-7,10-13,15H,3-4,8-9H2,1H3,(H2,25,27,28);1H3. The van der Waals surface area contributed by atoms with Crippen LogP contribution in [0.25, 0.3) is 16.6 Å². The number of carbonyl (C=O) groups excluding carboxylic acids is 1. The van der Waals surface area contributed by atoms with Crippen LogP contribution < -0.4 is 15.4 Å². The second-order valence-corrected chi connectivity index (χ2v) is 8.33. The molecule has 3 aromatic heterocycles. The number of amides is 1. The Morgan fingerprint density at radius 2 is 1.91 bits per heavy atom. The van der Waals surface area contributed by atoms with Crippen LogP contribution in [0.2, 0.25) is 0 Å². The molecule has 8 nitrogen and oxygen atoms in total. The van der Waals surface area contributed by atoms with Crippen molar-refractivity contribution in [3.05, 3.63) is 65.9 Å². The summed E-state index contributed by atoms with van der Waals surface area (Å²) in [5.41, 5.74) is 11.5. The van der Waals surface area contributed by atoms with Crippen LogP contribution in [0, 0.1) is 6.92 Å². The molecule has 1 aliphatic carbocycles. The molecule has 1 aromatic carbocycles. The molecule has 0 saturated heterocycles. The summed E-state index contributed by atoms with van der Waals surface area (Å²) in [5.74, 6) is 0.627. The number of halogens is 1. The molecule has 0 radical (unpaired) electrons. The Morgan fingerprint density at radius 1 is 1.09 bits per heavy atom. The maximum Gasteiger partial charge on any atom is 0.267 e. The number of nitrogen functional groups attached to an aromatic ring is 1. The average molecular weight is 477 g/mol. The van der Waals surface area contributed by atoms with E-state index in [4.69, 9.17) is 10.5 Å². The Bertz CT molecular complexity index is 1360. The molecule has 4 aromatic rings.